The molecule has 0 radical (unpaired) electrons. The molecule has 2 fully saturated rings. The van der Waals surface area contributed by atoms with Crippen LogP contribution in [0.3, 0.4) is 0 Å². The summed E-state index contributed by atoms with van der Waals surface area (Å²) < 4.78 is 0. The smallest absolute Gasteiger partial charge is 0.264 e. The van der Waals surface area contributed by atoms with Crippen LogP contribution in [-0.4, -0.2) is 65.8 Å². The van der Waals surface area contributed by atoms with Crippen molar-refractivity contribution in [2.75, 3.05) is 39.3 Å². The topological polar surface area (TPSA) is 43.9 Å². The Morgan fingerprint density at radius 2 is 1.69 bits per heavy atom. The van der Waals surface area contributed by atoms with Crippen LogP contribution >= 0.6 is 22.7 Å². The highest BCUT2D eigenvalue weighted by molar-refractivity contribution is 7.12. The first-order valence-corrected chi connectivity index (χ1v) is 10.9. The van der Waals surface area contributed by atoms with Crippen LogP contribution in [0.15, 0.2) is 35.0 Å². The molecule has 138 valence electrons. The van der Waals surface area contributed by atoms with Crippen LogP contribution in [-0.2, 0) is 4.79 Å². The van der Waals surface area contributed by atoms with Crippen molar-refractivity contribution in [1.29, 1.82) is 0 Å². The Labute approximate surface area is 161 Å². The fourth-order valence-electron chi connectivity index (χ4n) is 3.81. The molecule has 2 aliphatic rings. The quantitative estimate of drug-likeness (QED) is 0.808. The molecular formula is C19H23N3O2S2. The molecule has 1 atom stereocenters. The van der Waals surface area contributed by atoms with Crippen LogP contribution in [0.5, 0.6) is 0 Å². The molecule has 26 heavy (non-hydrogen) atoms. The molecule has 4 heterocycles. The van der Waals surface area contributed by atoms with Gasteiger partial charge in [-0.3, -0.25) is 14.5 Å². The molecule has 5 nitrogen and oxygen atoms in total. The number of hydrogen-bond donors (Lipinski definition) is 0. The summed E-state index contributed by atoms with van der Waals surface area (Å²) in [5.74, 6) is 0.279. The van der Waals surface area contributed by atoms with Crippen molar-refractivity contribution in [3.05, 3.63) is 44.8 Å². The number of hydrogen-bond acceptors (Lipinski definition) is 5. The van der Waals surface area contributed by atoms with Gasteiger partial charge in [-0.15, -0.1) is 22.7 Å². The highest BCUT2D eigenvalue weighted by atomic mass is 32.1. The van der Waals surface area contributed by atoms with Crippen LogP contribution in [0.4, 0.5) is 0 Å². The minimum Gasteiger partial charge on any atom is -0.338 e. The Bertz CT molecular complexity index is 737. The highest BCUT2D eigenvalue weighted by Gasteiger charge is 2.31. The molecule has 2 aromatic rings. The molecule has 0 aliphatic carbocycles. The Balaban J connectivity index is 1.30. The summed E-state index contributed by atoms with van der Waals surface area (Å²) in [5, 5.41) is 4.03. The maximum Gasteiger partial charge on any atom is 0.264 e. The van der Waals surface area contributed by atoms with Gasteiger partial charge < -0.3 is 9.80 Å². The summed E-state index contributed by atoms with van der Waals surface area (Å²) in [6.07, 6.45) is 2.29. The lowest BCUT2D eigenvalue weighted by molar-refractivity contribution is -0.134. The van der Waals surface area contributed by atoms with Gasteiger partial charge in [0, 0.05) is 37.1 Å². The molecule has 0 aromatic carbocycles. The first-order valence-electron chi connectivity index (χ1n) is 9.10. The molecule has 2 amide bonds. The van der Waals surface area contributed by atoms with Gasteiger partial charge >= 0.3 is 0 Å². The second-order valence-electron chi connectivity index (χ2n) is 6.79. The van der Waals surface area contributed by atoms with Crippen molar-refractivity contribution >= 4 is 34.5 Å². The summed E-state index contributed by atoms with van der Waals surface area (Å²) in [6.45, 7) is 3.99. The van der Waals surface area contributed by atoms with Crippen LogP contribution < -0.4 is 0 Å². The lowest BCUT2D eigenvalue weighted by Crippen LogP contribution is -2.52. The maximum absolute atomic E-state index is 12.8. The second kappa shape index (κ2) is 7.90. The van der Waals surface area contributed by atoms with E-state index in [0.29, 0.717) is 38.8 Å². The zero-order valence-electron chi connectivity index (χ0n) is 14.7. The lowest BCUT2D eigenvalue weighted by Gasteiger charge is -2.36. The Morgan fingerprint density at radius 1 is 0.962 bits per heavy atom. The minimum atomic E-state index is 0.0874. The molecule has 2 saturated heterocycles. The number of nitrogens with zero attached hydrogens (tertiary/aromatic N) is 3. The number of amides is 2. The van der Waals surface area contributed by atoms with E-state index in [1.54, 1.807) is 11.3 Å². The van der Waals surface area contributed by atoms with Gasteiger partial charge in [0.15, 0.2) is 0 Å². The predicted octanol–water partition coefficient (Wildman–Crippen LogP) is 2.93. The predicted molar refractivity (Wildman–Crippen MR) is 105 cm³/mol. The van der Waals surface area contributed by atoms with Gasteiger partial charge in [0.1, 0.15) is 0 Å². The average molecular weight is 390 g/mol. The van der Waals surface area contributed by atoms with Crippen molar-refractivity contribution in [2.24, 2.45) is 0 Å². The van der Waals surface area contributed by atoms with Gasteiger partial charge in [-0.25, -0.2) is 0 Å². The third kappa shape index (κ3) is 3.70. The molecule has 0 saturated carbocycles. The molecule has 0 N–H and O–H groups in total. The van der Waals surface area contributed by atoms with Crippen molar-refractivity contribution in [3.63, 3.8) is 0 Å². The molecule has 2 aliphatic heterocycles. The average Bonchev–Trinajstić information content (AvgIpc) is 3.42. The highest BCUT2D eigenvalue weighted by Crippen LogP contribution is 2.34. The normalized spacial score (nSPS) is 21.3. The Morgan fingerprint density at radius 3 is 2.38 bits per heavy atom. The summed E-state index contributed by atoms with van der Waals surface area (Å²) in [5.41, 5.74) is 0. The van der Waals surface area contributed by atoms with E-state index in [1.165, 1.54) is 16.2 Å². The number of likely N-dealkylation sites (tertiary alicyclic amines) is 1. The van der Waals surface area contributed by atoms with Crippen molar-refractivity contribution in [3.8, 4) is 0 Å². The summed E-state index contributed by atoms with van der Waals surface area (Å²) >= 11 is 3.25. The van der Waals surface area contributed by atoms with Gasteiger partial charge in [0.05, 0.1) is 11.4 Å². The number of thiophene rings is 2. The third-order valence-corrected chi connectivity index (χ3v) is 7.06. The standard InChI is InChI=1S/C19H23N3O2S2/c23-18(14-22-7-1-4-15(22)16-5-2-12-25-16)20-8-10-21(11-9-20)19(24)17-6-3-13-26-17/h2-3,5-6,12-13,15H,1,4,7-11,14H2. The summed E-state index contributed by atoms with van der Waals surface area (Å²) in [7, 11) is 0. The SMILES string of the molecule is O=C(CN1CCCC1c1cccs1)N1CCN(C(=O)c2cccs2)CC1. The number of rotatable bonds is 4. The fraction of sp³-hybridized carbons (Fsp3) is 0.474. The molecule has 4 rings (SSSR count). The van der Waals surface area contributed by atoms with Gasteiger partial charge in [-0.05, 0) is 42.3 Å². The van der Waals surface area contributed by atoms with E-state index in [4.69, 9.17) is 0 Å². The van der Waals surface area contributed by atoms with Gasteiger partial charge in [-0.2, -0.15) is 0 Å². The number of piperazine rings is 1. The number of carbonyl (C=O) groups is 2. The lowest BCUT2D eigenvalue weighted by atomic mass is 10.2. The molecule has 1 unspecified atom stereocenters. The van der Waals surface area contributed by atoms with Crippen LogP contribution in [0, 0.1) is 0 Å². The molecule has 0 bridgehead atoms. The zero-order valence-corrected chi connectivity index (χ0v) is 16.3. The van der Waals surface area contributed by atoms with E-state index in [9.17, 15) is 9.59 Å². The first kappa shape index (κ1) is 17.7. The van der Waals surface area contributed by atoms with E-state index in [0.717, 1.165) is 24.3 Å². The van der Waals surface area contributed by atoms with E-state index in [1.807, 2.05) is 27.3 Å². The van der Waals surface area contributed by atoms with E-state index >= 15 is 0 Å². The number of carbonyl (C=O) groups excluding carboxylic acids is 2. The minimum absolute atomic E-state index is 0.0874. The van der Waals surface area contributed by atoms with Crippen LogP contribution in [0.25, 0.3) is 0 Å². The van der Waals surface area contributed by atoms with Crippen molar-refractivity contribution in [2.45, 2.75) is 18.9 Å². The Kier molecular flexibility index (Phi) is 5.38. The van der Waals surface area contributed by atoms with Crippen LogP contribution in [0.1, 0.15) is 33.4 Å². The van der Waals surface area contributed by atoms with Crippen molar-refractivity contribution < 1.29 is 9.59 Å². The largest absolute Gasteiger partial charge is 0.338 e. The van der Waals surface area contributed by atoms with E-state index in [-0.39, 0.29) is 11.8 Å². The zero-order chi connectivity index (χ0) is 17.9. The third-order valence-electron chi connectivity index (χ3n) is 5.23. The maximum atomic E-state index is 12.8. The first-order chi connectivity index (χ1) is 12.7. The molecule has 0 spiro atoms. The van der Waals surface area contributed by atoms with Crippen LogP contribution in [0.2, 0.25) is 0 Å². The van der Waals surface area contributed by atoms with E-state index < -0.39 is 0 Å². The summed E-state index contributed by atoms with van der Waals surface area (Å²) in [4.78, 5) is 33.4. The van der Waals surface area contributed by atoms with E-state index in [2.05, 4.69) is 22.4 Å². The Hall–Kier alpha value is -1.70. The van der Waals surface area contributed by atoms with Gasteiger partial charge in [0.2, 0.25) is 5.91 Å². The summed E-state index contributed by atoms with van der Waals surface area (Å²) in [6, 6.07) is 8.41. The van der Waals surface area contributed by atoms with Crippen molar-refractivity contribution in [1.82, 2.24) is 14.7 Å². The second-order valence-corrected chi connectivity index (χ2v) is 8.72. The molecule has 2 aromatic heterocycles. The van der Waals surface area contributed by atoms with Gasteiger partial charge in [-0.1, -0.05) is 12.1 Å². The monoisotopic (exact) mass is 389 g/mol. The molecular weight excluding hydrogens is 366 g/mol. The fourth-order valence-corrected chi connectivity index (χ4v) is 5.39. The van der Waals surface area contributed by atoms with Gasteiger partial charge in [0.25, 0.3) is 5.91 Å². The molecule has 7 heteroatoms.